The fourth-order valence-electron chi connectivity index (χ4n) is 3.11. The normalized spacial score (nSPS) is 14.8. The monoisotopic (exact) mass is 379 g/mol. The Morgan fingerprint density at radius 1 is 1.04 bits per heavy atom. The molecular weight excluding hydrogens is 350 g/mol. The summed E-state index contributed by atoms with van der Waals surface area (Å²) >= 11 is 0. The van der Waals surface area contributed by atoms with E-state index in [0.717, 1.165) is 24.8 Å². The molecule has 148 valence electrons. The zero-order chi connectivity index (χ0) is 20.1. The number of amides is 3. The van der Waals surface area contributed by atoms with Crippen molar-refractivity contribution in [1.82, 2.24) is 10.6 Å². The Morgan fingerprint density at radius 2 is 1.75 bits per heavy atom. The van der Waals surface area contributed by atoms with Crippen LogP contribution in [0.4, 0.5) is 10.5 Å². The number of hydrogen-bond acceptors (Lipinski definition) is 2. The first kappa shape index (κ1) is 19.9. The van der Waals surface area contributed by atoms with E-state index in [-0.39, 0.29) is 23.4 Å². The van der Waals surface area contributed by atoms with Crippen LogP contribution < -0.4 is 16.0 Å². The second-order valence-corrected chi connectivity index (χ2v) is 8.66. The van der Waals surface area contributed by atoms with E-state index in [9.17, 15) is 9.59 Å². The van der Waals surface area contributed by atoms with Gasteiger partial charge in [-0.3, -0.25) is 4.79 Å². The lowest BCUT2D eigenvalue weighted by Gasteiger charge is -2.27. The second-order valence-electron chi connectivity index (χ2n) is 8.66. The molecular formula is C23H29N3O2. The van der Waals surface area contributed by atoms with E-state index in [4.69, 9.17) is 0 Å². The van der Waals surface area contributed by atoms with Crippen molar-refractivity contribution < 1.29 is 9.59 Å². The van der Waals surface area contributed by atoms with Crippen LogP contribution in [0.25, 0.3) is 0 Å². The van der Waals surface area contributed by atoms with Gasteiger partial charge >= 0.3 is 6.03 Å². The molecule has 1 saturated carbocycles. The van der Waals surface area contributed by atoms with Gasteiger partial charge in [-0.25, -0.2) is 4.79 Å². The number of urea groups is 1. The van der Waals surface area contributed by atoms with Crippen molar-refractivity contribution in [2.75, 3.05) is 5.32 Å². The van der Waals surface area contributed by atoms with Crippen molar-refractivity contribution in [2.24, 2.45) is 5.41 Å². The summed E-state index contributed by atoms with van der Waals surface area (Å²) in [6.45, 7) is 6.47. The minimum atomic E-state index is -0.280. The van der Waals surface area contributed by atoms with Gasteiger partial charge in [-0.15, -0.1) is 0 Å². The van der Waals surface area contributed by atoms with Gasteiger partial charge in [0.15, 0.2) is 0 Å². The highest BCUT2D eigenvalue weighted by atomic mass is 16.2. The molecule has 3 rings (SSSR count). The van der Waals surface area contributed by atoms with E-state index in [0.29, 0.717) is 17.3 Å². The number of rotatable bonds is 6. The molecule has 0 heterocycles. The molecule has 2 aromatic rings. The molecule has 5 heteroatoms. The van der Waals surface area contributed by atoms with E-state index < -0.39 is 0 Å². The van der Waals surface area contributed by atoms with Crippen molar-refractivity contribution in [3.8, 4) is 0 Å². The highest BCUT2D eigenvalue weighted by Gasteiger charge is 2.24. The van der Waals surface area contributed by atoms with Crippen LogP contribution in [0.2, 0.25) is 0 Å². The third-order valence-corrected chi connectivity index (χ3v) is 4.62. The average Bonchev–Trinajstić information content (AvgIpc) is 3.45. The molecule has 0 aromatic heterocycles. The Bertz CT molecular complexity index is 823. The Hall–Kier alpha value is -2.82. The zero-order valence-corrected chi connectivity index (χ0v) is 16.8. The molecule has 0 aliphatic heterocycles. The molecule has 0 bridgehead atoms. The Morgan fingerprint density at radius 3 is 2.39 bits per heavy atom. The molecule has 3 N–H and O–H groups in total. The fourth-order valence-corrected chi connectivity index (χ4v) is 3.11. The maximum Gasteiger partial charge on any atom is 0.319 e. The summed E-state index contributed by atoms with van der Waals surface area (Å²) in [7, 11) is 0. The molecule has 1 fully saturated rings. The quantitative estimate of drug-likeness (QED) is 0.669. The number of nitrogens with one attached hydrogen (secondary N) is 3. The first-order valence-corrected chi connectivity index (χ1v) is 9.83. The molecule has 5 nitrogen and oxygen atoms in total. The van der Waals surface area contributed by atoms with Crippen LogP contribution >= 0.6 is 0 Å². The van der Waals surface area contributed by atoms with Crippen molar-refractivity contribution in [3.63, 3.8) is 0 Å². The van der Waals surface area contributed by atoms with Gasteiger partial charge in [0, 0.05) is 17.3 Å². The van der Waals surface area contributed by atoms with Crippen LogP contribution in [0.15, 0.2) is 54.6 Å². The van der Waals surface area contributed by atoms with Gasteiger partial charge in [-0.2, -0.15) is 0 Å². The van der Waals surface area contributed by atoms with Crippen LogP contribution in [-0.4, -0.2) is 18.0 Å². The van der Waals surface area contributed by atoms with Crippen molar-refractivity contribution in [3.05, 3.63) is 65.7 Å². The first-order valence-electron chi connectivity index (χ1n) is 9.83. The van der Waals surface area contributed by atoms with Crippen molar-refractivity contribution in [1.29, 1.82) is 0 Å². The van der Waals surface area contributed by atoms with E-state index in [1.54, 1.807) is 24.3 Å². The number of carbonyl (C=O) groups is 2. The van der Waals surface area contributed by atoms with Gasteiger partial charge in [0.25, 0.3) is 5.91 Å². The molecule has 1 atom stereocenters. The van der Waals surface area contributed by atoms with Gasteiger partial charge < -0.3 is 16.0 Å². The van der Waals surface area contributed by atoms with Gasteiger partial charge in [0.05, 0.1) is 6.04 Å². The molecule has 3 amide bonds. The largest absolute Gasteiger partial charge is 0.349 e. The summed E-state index contributed by atoms with van der Waals surface area (Å²) in [4.78, 5) is 24.8. The minimum Gasteiger partial charge on any atom is -0.349 e. The van der Waals surface area contributed by atoms with E-state index >= 15 is 0 Å². The minimum absolute atomic E-state index is 0.0641. The van der Waals surface area contributed by atoms with E-state index in [2.05, 4.69) is 36.7 Å². The van der Waals surface area contributed by atoms with Crippen LogP contribution in [0, 0.1) is 5.41 Å². The standard InChI is InChI=1S/C23H29N3O2/c1-23(2,3)15-20(16-8-5-4-6-9-16)26-22(28)25-19-11-7-10-17(14-19)21(27)24-18-12-13-18/h4-11,14,18,20H,12-13,15H2,1-3H3,(H,24,27)(H2,25,26,28). The van der Waals surface area contributed by atoms with E-state index in [1.807, 2.05) is 30.3 Å². The number of carbonyl (C=O) groups excluding carboxylic acids is 2. The molecule has 28 heavy (non-hydrogen) atoms. The zero-order valence-electron chi connectivity index (χ0n) is 16.8. The molecule has 1 aliphatic carbocycles. The third kappa shape index (κ3) is 6.12. The Kier molecular flexibility index (Phi) is 6.02. The number of anilines is 1. The van der Waals surface area contributed by atoms with Crippen LogP contribution in [0.5, 0.6) is 0 Å². The molecule has 1 aliphatic rings. The highest BCUT2D eigenvalue weighted by Crippen LogP contribution is 2.29. The summed E-state index contributed by atoms with van der Waals surface area (Å²) in [5.41, 5.74) is 2.29. The smallest absolute Gasteiger partial charge is 0.319 e. The lowest BCUT2D eigenvalue weighted by atomic mass is 9.85. The number of hydrogen-bond donors (Lipinski definition) is 3. The van der Waals surface area contributed by atoms with E-state index in [1.165, 1.54) is 0 Å². The fraction of sp³-hybridized carbons (Fsp3) is 0.391. The summed E-state index contributed by atoms with van der Waals surface area (Å²) in [5.74, 6) is -0.0959. The molecule has 2 aromatic carbocycles. The topological polar surface area (TPSA) is 70.2 Å². The predicted octanol–water partition coefficient (Wildman–Crippen LogP) is 4.88. The summed E-state index contributed by atoms with van der Waals surface area (Å²) in [6.07, 6.45) is 2.90. The first-order chi connectivity index (χ1) is 13.3. The third-order valence-electron chi connectivity index (χ3n) is 4.62. The Labute approximate surface area is 166 Å². The summed E-state index contributed by atoms with van der Waals surface area (Å²) in [6, 6.07) is 16.9. The predicted molar refractivity (Wildman–Crippen MR) is 112 cm³/mol. The van der Waals surface area contributed by atoms with Crippen LogP contribution in [-0.2, 0) is 0 Å². The van der Waals surface area contributed by atoms with Crippen molar-refractivity contribution >= 4 is 17.6 Å². The lowest BCUT2D eigenvalue weighted by Crippen LogP contribution is -2.34. The molecule has 0 radical (unpaired) electrons. The van der Waals surface area contributed by atoms with Gasteiger partial charge in [0.1, 0.15) is 0 Å². The number of benzene rings is 2. The van der Waals surface area contributed by atoms with Crippen LogP contribution in [0.3, 0.4) is 0 Å². The average molecular weight is 380 g/mol. The van der Waals surface area contributed by atoms with Gasteiger partial charge in [-0.05, 0) is 48.4 Å². The SMILES string of the molecule is CC(C)(C)CC(NC(=O)Nc1cccc(C(=O)NC2CC2)c1)c1ccccc1. The maximum absolute atomic E-state index is 12.6. The summed E-state index contributed by atoms with van der Waals surface area (Å²) in [5, 5.41) is 8.90. The molecule has 0 spiro atoms. The maximum atomic E-state index is 12.6. The second kappa shape index (κ2) is 8.46. The van der Waals surface area contributed by atoms with Gasteiger partial charge in [0.2, 0.25) is 0 Å². The Balaban J connectivity index is 1.66. The van der Waals surface area contributed by atoms with Crippen LogP contribution in [0.1, 0.15) is 62.0 Å². The lowest BCUT2D eigenvalue weighted by molar-refractivity contribution is 0.0951. The van der Waals surface area contributed by atoms with Gasteiger partial charge in [-0.1, -0.05) is 57.2 Å². The van der Waals surface area contributed by atoms with Crippen molar-refractivity contribution in [2.45, 2.75) is 52.1 Å². The molecule has 0 saturated heterocycles. The highest BCUT2D eigenvalue weighted by molar-refractivity contribution is 5.97. The summed E-state index contributed by atoms with van der Waals surface area (Å²) < 4.78 is 0. The molecule has 1 unspecified atom stereocenters.